The first kappa shape index (κ1) is 48.1. The van der Waals surface area contributed by atoms with E-state index in [1.165, 1.54) is 23.3 Å². The second-order valence-corrected chi connectivity index (χ2v) is 18.9. The van der Waals surface area contributed by atoms with Gasteiger partial charge in [-0.15, -0.1) is 36.6 Å². The summed E-state index contributed by atoms with van der Waals surface area (Å²) in [5, 5.41) is 16.4. The van der Waals surface area contributed by atoms with Gasteiger partial charge in [0.1, 0.15) is 5.69 Å². The normalized spacial score (nSPS) is 17.0. The molecule has 334 valence electrons. The van der Waals surface area contributed by atoms with Crippen LogP contribution in [0.1, 0.15) is 34.3 Å². The molecule has 0 aliphatic carbocycles. The van der Waals surface area contributed by atoms with Crippen molar-refractivity contribution in [1.29, 1.82) is 0 Å². The third-order valence-corrected chi connectivity index (χ3v) is 14.4. The maximum atomic E-state index is 13.6. The molecule has 1 amide bonds. The maximum Gasteiger partial charge on any atom is 0.293 e. The van der Waals surface area contributed by atoms with E-state index in [0.717, 1.165) is 86.4 Å². The molecule has 3 aliphatic heterocycles. The molecule has 5 aromatic rings. The number of hydrogen-bond donors (Lipinski definition) is 2. The fourth-order valence-electron chi connectivity index (χ4n) is 8.45. The van der Waals surface area contributed by atoms with Crippen LogP contribution in [0.2, 0.25) is 5.02 Å². The summed E-state index contributed by atoms with van der Waals surface area (Å²) in [4.78, 5) is 33.2. The number of piperazine rings is 1. The Morgan fingerprint density at radius 1 is 0.889 bits per heavy atom. The first-order valence-corrected chi connectivity index (χ1v) is 23.5. The number of nitro benzene ring substituents is 1. The second-order valence-electron chi connectivity index (χ2n) is 15.7. The van der Waals surface area contributed by atoms with E-state index < -0.39 is 20.9 Å². The molecule has 12 nitrogen and oxygen atoms in total. The van der Waals surface area contributed by atoms with Gasteiger partial charge in [0.05, 0.1) is 23.0 Å². The number of sulfonamides is 1. The van der Waals surface area contributed by atoms with Crippen molar-refractivity contribution < 1.29 is 22.9 Å². The molecule has 2 N–H and O–H groups in total. The number of nitrogens with one attached hydrogen (secondary N) is 2. The fourth-order valence-corrected chi connectivity index (χ4v) is 10.6. The highest BCUT2D eigenvalue weighted by Gasteiger charge is 2.33. The molecule has 63 heavy (non-hydrogen) atoms. The lowest BCUT2D eigenvalue weighted by atomic mass is 9.92. The third kappa shape index (κ3) is 12.1. The zero-order chi connectivity index (χ0) is 42.3. The molecule has 2 fully saturated rings. The summed E-state index contributed by atoms with van der Waals surface area (Å²) in [5.41, 5.74) is 5.69. The molecular weight excluding hydrogens is 903 g/mol. The maximum absolute atomic E-state index is 13.6. The molecule has 8 rings (SSSR count). The Morgan fingerprint density at radius 2 is 1.63 bits per heavy atom. The molecule has 3 aliphatic rings. The third-order valence-electron chi connectivity index (χ3n) is 11.7. The molecule has 17 heteroatoms. The molecule has 3 heterocycles. The van der Waals surface area contributed by atoms with Gasteiger partial charge < -0.3 is 15.0 Å². The summed E-state index contributed by atoms with van der Waals surface area (Å²) in [6, 6.07) is 35.6. The van der Waals surface area contributed by atoms with Crippen LogP contribution >= 0.6 is 48.2 Å². The Labute approximate surface area is 390 Å². The largest absolute Gasteiger partial charge is 0.379 e. The second kappa shape index (κ2) is 22.0. The Bertz CT molecular complexity index is 2460. The highest BCUT2D eigenvalue weighted by atomic mass is 35.5. The predicted molar refractivity (Wildman–Crippen MR) is 257 cm³/mol. The van der Waals surface area contributed by atoms with Crippen LogP contribution < -0.4 is 14.9 Å². The van der Waals surface area contributed by atoms with Crippen LogP contribution in [0.25, 0.3) is 11.1 Å². The van der Waals surface area contributed by atoms with Gasteiger partial charge in [0.25, 0.3) is 21.6 Å². The minimum Gasteiger partial charge on any atom is -0.379 e. The molecule has 2 saturated heterocycles. The predicted octanol–water partition coefficient (Wildman–Crippen LogP) is 8.81. The molecule has 0 spiro atoms. The summed E-state index contributed by atoms with van der Waals surface area (Å²) in [6.07, 6.45) is 2.36. The van der Waals surface area contributed by atoms with Crippen LogP contribution in [-0.2, 0) is 27.7 Å². The standard InChI is InChI=1S/C46H49ClN6O6S2.2ClH/c47-37-14-10-33(11-15-37)42-9-5-4-6-36(42)30-51-22-23-52-39(31-51)16-12-34-28-35(13-19-44(34)52)46(54)49-61(57,58)41-17-18-43(45(29-41)53(55)56)48-38(20-21-50-24-26-59-27-25-50)32-60-40-7-2-1-3-8-40;;/h1-11,13-15,17-19,28-29,38-39,48H,12,16,20-27,30-32H2,(H,49,54);2*1H/t38-,39-;;/m0../s1. The number of halogens is 3. The van der Waals surface area contributed by atoms with Crippen LogP contribution in [-0.4, -0.2) is 99.4 Å². The van der Waals surface area contributed by atoms with Crippen LogP contribution in [0.4, 0.5) is 17.1 Å². The van der Waals surface area contributed by atoms with Crippen LogP contribution in [0, 0.1) is 10.1 Å². The summed E-state index contributed by atoms with van der Waals surface area (Å²) < 4.78 is 34.9. The number of hydrogen-bond acceptors (Lipinski definition) is 11. The molecule has 0 unspecified atom stereocenters. The van der Waals surface area contributed by atoms with Gasteiger partial charge in [0, 0.05) is 90.9 Å². The van der Waals surface area contributed by atoms with Crippen LogP contribution in [0.15, 0.2) is 125 Å². The number of anilines is 2. The van der Waals surface area contributed by atoms with Crippen molar-refractivity contribution in [3.8, 4) is 11.1 Å². The van der Waals surface area contributed by atoms with Crippen molar-refractivity contribution in [2.24, 2.45) is 0 Å². The zero-order valence-corrected chi connectivity index (χ0v) is 38.6. The zero-order valence-electron chi connectivity index (χ0n) is 34.6. The Kier molecular flexibility index (Phi) is 16.8. The van der Waals surface area contributed by atoms with Gasteiger partial charge in [0.15, 0.2) is 0 Å². The summed E-state index contributed by atoms with van der Waals surface area (Å²) in [6.45, 7) is 7.19. The quantitative estimate of drug-likeness (QED) is 0.0592. The molecule has 0 aromatic heterocycles. The number of carbonyl (C=O) groups is 1. The van der Waals surface area contributed by atoms with Crippen molar-refractivity contribution in [3.05, 3.63) is 147 Å². The van der Waals surface area contributed by atoms with Crippen molar-refractivity contribution >= 4 is 81.2 Å². The number of nitrogens with zero attached hydrogens (tertiary/aromatic N) is 4. The van der Waals surface area contributed by atoms with Gasteiger partial charge in [-0.2, -0.15) is 0 Å². The minimum atomic E-state index is -4.45. The molecule has 5 aromatic carbocycles. The first-order chi connectivity index (χ1) is 29.6. The van der Waals surface area contributed by atoms with Crippen molar-refractivity contribution in [2.75, 3.05) is 68.5 Å². The van der Waals surface area contributed by atoms with Crippen LogP contribution in [0.3, 0.4) is 0 Å². The average molecular weight is 954 g/mol. The molecule has 2 atom stereocenters. The van der Waals surface area contributed by atoms with E-state index in [1.54, 1.807) is 23.9 Å². The van der Waals surface area contributed by atoms with Crippen molar-refractivity contribution in [3.63, 3.8) is 0 Å². The highest BCUT2D eigenvalue weighted by Crippen LogP contribution is 2.35. The monoisotopic (exact) mass is 952 g/mol. The molecule has 0 bridgehead atoms. The lowest BCUT2D eigenvalue weighted by Gasteiger charge is -2.46. The van der Waals surface area contributed by atoms with Gasteiger partial charge in [-0.05, 0) is 96.1 Å². The number of thioether (sulfide) groups is 1. The lowest BCUT2D eigenvalue weighted by molar-refractivity contribution is -0.384. The van der Waals surface area contributed by atoms with Gasteiger partial charge in [-0.1, -0.05) is 66.2 Å². The van der Waals surface area contributed by atoms with Gasteiger partial charge in [0.2, 0.25) is 0 Å². The molecule has 0 saturated carbocycles. The summed E-state index contributed by atoms with van der Waals surface area (Å²) in [7, 11) is -4.45. The number of morpholine rings is 1. The summed E-state index contributed by atoms with van der Waals surface area (Å²) in [5.74, 6) is -0.153. The average Bonchev–Trinajstić information content (AvgIpc) is 3.28. The first-order valence-electron chi connectivity index (χ1n) is 20.7. The van der Waals surface area contributed by atoms with Crippen molar-refractivity contribution in [1.82, 2.24) is 14.5 Å². The molecule has 0 radical (unpaired) electrons. The highest BCUT2D eigenvalue weighted by molar-refractivity contribution is 7.99. The number of amides is 1. The number of ether oxygens (including phenoxy) is 1. The SMILES string of the molecule is Cl.Cl.O=C(NS(=O)(=O)c1ccc(N[C@@H](CCN2CCOCC2)CSc2ccccc2)c([N+](=O)[O-])c1)c1ccc2c(c1)CC[C@H]1CN(Cc3ccccc3-c3ccc(Cl)cc3)CCN21. The van der Waals surface area contributed by atoms with Gasteiger partial charge in [-0.3, -0.25) is 24.7 Å². The van der Waals surface area contributed by atoms with E-state index in [0.29, 0.717) is 36.5 Å². The van der Waals surface area contributed by atoms with E-state index in [9.17, 15) is 23.3 Å². The number of benzene rings is 5. The number of aryl methyl sites for hydroxylation is 1. The van der Waals surface area contributed by atoms with E-state index in [1.807, 2.05) is 48.5 Å². The van der Waals surface area contributed by atoms with E-state index in [-0.39, 0.29) is 52.7 Å². The van der Waals surface area contributed by atoms with Crippen molar-refractivity contribution in [2.45, 2.75) is 47.7 Å². The molecular formula is C46H51Cl3N6O6S2. The smallest absolute Gasteiger partial charge is 0.293 e. The lowest BCUT2D eigenvalue weighted by Crippen LogP contribution is -2.54. The van der Waals surface area contributed by atoms with Gasteiger partial charge >= 0.3 is 0 Å². The van der Waals surface area contributed by atoms with E-state index in [4.69, 9.17) is 16.3 Å². The minimum absolute atomic E-state index is 0. The number of fused-ring (bicyclic) bond motifs is 3. The fraction of sp³-hybridized carbons (Fsp3) is 0.326. The van der Waals surface area contributed by atoms with E-state index >= 15 is 0 Å². The number of carbonyl (C=O) groups excluding carboxylic acids is 1. The Hall–Kier alpha value is -4.38. The Morgan fingerprint density at radius 3 is 2.40 bits per heavy atom. The van der Waals surface area contributed by atoms with Crippen LogP contribution in [0.5, 0.6) is 0 Å². The van der Waals surface area contributed by atoms with Gasteiger partial charge in [-0.25, -0.2) is 13.1 Å². The topological polar surface area (TPSA) is 137 Å². The Balaban J connectivity index is 0.00000330. The summed E-state index contributed by atoms with van der Waals surface area (Å²) >= 11 is 7.81. The number of nitro groups is 1. The van der Waals surface area contributed by atoms with E-state index in [2.05, 4.69) is 61.1 Å². The number of rotatable bonds is 15.